The zero-order valence-electron chi connectivity index (χ0n) is 34.4. The highest BCUT2D eigenvalue weighted by molar-refractivity contribution is 6.31. The zero-order chi connectivity index (χ0) is 42.0. The van der Waals surface area contributed by atoms with Gasteiger partial charge in [0.1, 0.15) is 12.4 Å². The third-order valence-electron chi connectivity index (χ3n) is 9.91. The van der Waals surface area contributed by atoms with E-state index in [0.717, 1.165) is 86.9 Å². The first-order chi connectivity index (χ1) is 26.5. The summed E-state index contributed by atoms with van der Waals surface area (Å²) in [6, 6.07) is 2.68. The second-order valence-electron chi connectivity index (χ2n) is 14.3. The second-order valence-corrected chi connectivity index (χ2v) is 14.7. The molecule has 2 fully saturated rings. The smallest absolute Gasteiger partial charge is 0.418 e. The lowest BCUT2D eigenvalue weighted by Gasteiger charge is -2.33. The number of rotatable bonds is 5. The molecule has 2 aromatic heterocycles. The Kier molecular flexibility index (Phi) is 17.4. The first-order valence-electron chi connectivity index (χ1n) is 19.4. The van der Waals surface area contributed by atoms with E-state index in [2.05, 4.69) is 28.0 Å². The quantitative estimate of drug-likeness (QED) is 0.200. The summed E-state index contributed by atoms with van der Waals surface area (Å²) < 4.78 is 77.4. The molecule has 4 aliphatic heterocycles. The number of nitrogen functional groups attached to an aromatic ring is 1. The van der Waals surface area contributed by atoms with Gasteiger partial charge in [-0.15, -0.1) is 0 Å². The van der Waals surface area contributed by atoms with Gasteiger partial charge in [0.15, 0.2) is 0 Å². The summed E-state index contributed by atoms with van der Waals surface area (Å²) in [5, 5.41) is 4.28. The third kappa shape index (κ3) is 11.5. The van der Waals surface area contributed by atoms with Crippen LogP contribution in [-0.4, -0.2) is 82.5 Å². The fourth-order valence-corrected chi connectivity index (χ4v) is 7.92. The van der Waals surface area contributed by atoms with Gasteiger partial charge in [0.05, 0.1) is 52.5 Å². The van der Waals surface area contributed by atoms with Gasteiger partial charge in [0.2, 0.25) is 0 Å². The molecule has 0 bridgehead atoms. The summed E-state index contributed by atoms with van der Waals surface area (Å²) in [5.41, 5.74) is 9.73. The first kappa shape index (κ1) is 46.8. The maximum Gasteiger partial charge on any atom is 0.418 e. The van der Waals surface area contributed by atoms with E-state index in [1.165, 1.54) is 6.07 Å². The van der Waals surface area contributed by atoms with Crippen LogP contribution in [0.5, 0.6) is 6.01 Å². The first-order valence-corrected chi connectivity index (χ1v) is 19.8. The molecule has 2 N–H and O–H groups in total. The third-order valence-corrected chi connectivity index (χ3v) is 10.2. The van der Waals surface area contributed by atoms with E-state index in [9.17, 15) is 22.0 Å². The van der Waals surface area contributed by atoms with Crippen molar-refractivity contribution in [2.75, 3.05) is 58.0 Å². The van der Waals surface area contributed by atoms with Crippen molar-refractivity contribution in [2.45, 2.75) is 118 Å². The molecule has 7 rings (SSSR count). The summed E-state index contributed by atoms with van der Waals surface area (Å²) >= 11 is 6.09. The lowest BCUT2D eigenvalue weighted by molar-refractivity contribution is -0.139. The molecule has 0 spiro atoms. The molecule has 6 heterocycles. The number of nitrogens with two attached hydrogens (primary N) is 1. The minimum Gasteiger partial charge on any atom is -0.461 e. The van der Waals surface area contributed by atoms with Crippen LogP contribution in [0.1, 0.15) is 105 Å². The minimum atomic E-state index is -4.67. The Balaban J connectivity index is 0.000000626. The molecule has 0 saturated carbocycles. The molecular weight excluding hydrogens is 755 g/mol. The monoisotopic (exact) mass is 814 g/mol. The van der Waals surface area contributed by atoms with Crippen molar-refractivity contribution in [1.29, 1.82) is 0 Å². The molecule has 1 aromatic carbocycles. The largest absolute Gasteiger partial charge is 0.461 e. The fraction of sp³-hybridized carbons (Fsp3) is 0.625. The average Bonchev–Trinajstić information content (AvgIpc) is 3.74. The highest BCUT2D eigenvalue weighted by atomic mass is 35.5. The number of aryl methyl sites for hydroxylation is 2. The number of fused-ring (bicyclic) bond motifs is 3. The number of aromatic nitrogens is 4. The topological polar surface area (TPSA) is 97.8 Å². The fourth-order valence-electron chi connectivity index (χ4n) is 7.57. The van der Waals surface area contributed by atoms with Gasteiger partial charge >= 0.3 is 12.2 Å². The Bertz CT molecular complexity index is 1740. The molecule has 16 heteroatoms. The number of nitrogens with zero attached hydrogens (tertiary/aromatic N) is 7. The number of hydrogen-bond donors (Lipinski definition) is 1. The number of benzene rings is 1. The molecule has 0 aliphatic carbocycles. The van der Waals surface area contributed by atoms with Gasteiger partial charge in [-0.05, 0) is 110 Å². The Labute approximate surface area is 334 Å². The molecule has 1 atom stereocenters. The van der Waals surface area contributed by atoms with E-state index in [0.29, 0.717) is 24.7 Å². The van der Waals surface area contributed by atoms with Gasteiger partial charge in [-0.1, -0.05) is 39.3 Å². The van der Waals surface area contributed by atoms with Crippen molar-refractivity contribution in [2.24, 2.45) is 0 Å². The summed E-state index contributed by atoms with van der Waals surface area (Å²) in [4.78, 5) is 16.5. The lowest BCUT2D eigenvalue weighted by atomic mass is 9.94. The van der Waals surface area contributed by atoms with Crippen molar-refractivity contribution in [3.05, 3.63) is 69.2 Å². The van der Waals surface area contributed by atoms with E-state index in [1.807, 2.05) is 60.7 Å². The van der Waals surface area contributed by atoms with E-state index >= 15 is 0 Å². The molecular formula is C40H60ClF5N8O2. The number of hydrogen-bond acceptors (Lipinski definition) is 9. The number of halogens is 6. The Morgan fingerprint density at radius 1 is 1.02 bits per heavy atom. The Hall–Kier alpha value is -3.53. The zero-order valence-corrected chi connectivity index (χ0v) is 35.2. The number of alkyl halides is 3. The predicted molar refractivity (Wildman–Crippen MR) is 213 cm³/mol. The molecule has 314 valence electrons. The van der Waals surface area contributed by atoms with Crippen molar-refractivity contribution in [3.63, 3.8) is 0 Å². The second kappa shape index (κ2) is 20.8. The van der Waals surface area contributed by atoms with Crippen molar-refractivity contribution >= 4 is 23.1 Å². The van der Waals surface area contributed by atoms with Crippen LogP contribution in [0.15, 0.2) is 24.8 Å². The molecule has 0 radical (unpaired) electrons. The van der Waals surface area contributed by atoms with Gasteiger partial charge in [0, 0.05) is 30.8 Å². The van der Waals surface area contributed by atoms with E-state index in [4.69, 9.17) is 41.9 Å². The lowest BCUT2D eigenvalue weighted by Crippen LogP contribution is -2.43. The molecule has 56 heavy (non-hydrogen) atoms. The van der Waals surface area contributed by atoms with Gasteiger partial charge in [-0.2, -0.15) is 37.0 Å². The van der Waals surface area contributed by atoms with Crippen LogP contribution >= 0.6 is 11.6 Å². The van der Waals surface area contributed by atoms with Crippen LogP contribution in [0.25, 0.3) is 0 Å². The van der Waals surface area contributed by atoms with E-state index in [-0.39, 0.29) is 35.8 Å². The highest BCUT2D eigenvalue weighted by Crippen LogP contribution is 2.45. The van der Waals surface area contributed by atoms with E-state index < -0.39 is 28.9 Å². The summed E-state index contributed by atoms with van der Waals surface area (Å²) in [7, 11) is 6.00. The normalized spacial score (nSPS) is 18.3. The van der Waals surface area contributed by atoms with E-state index in [1.54, 1.807) is 0 Å². The van der Waals surface area contributed by atoms with Crippen LogP contribution in [0, 0.1) is 13.8 Å². The standard InChI is InChI=1S/C31H37ClF3N7O2.C3H9N.C2H2F2.2C2H6/c1-18-19(2)39-42-11-5-8-40(15-25(18)42)28-22-16-43-26(21-12-20(36)13-23(32)27(21)31(33,34)35)14-24(22)37-29(38-28)44-17-30-6-3-9-41(30)10-4-7-30;1-4(2)3;1-2(3)4;2*1-2/h12-13,26H,3-11,14-17,36H2,1-2H3;1-3H3;1H2;2*1-2H3. The number of anilines is 2. The predicted octanol–water partition coefficient (Wildman–Crippen LogP) is 9.40. The maximum atomic E-state index is 14.2. The molecule has 1 unspecified atom stereocenters. The Morgan fingerprint density at radius 2 is 1.62 bits per heavy atom. The van der Waals surface area contributed by atoms with Gasteiger partial charge in [-0.3, -0.25) is 9.58 Å². The molecule has 2 saturated heterocycles. The average molecular weight is 815 g/mol. The summed E-state index contributed by atoms with van der Waals surface area (Å²) in [6.07, 6.45) is -2.05. The van der Waals surface area contributed by atoms with Gasteiger partial charge in [0.25, 0.3) is 6.08 Å². The minimum absolute atomic E-state index is 0.00522. The van der Waals surface area contributed by atoms with Crippen molar-refractivity contribution in [1.82, 2.24) is 29.5 Å². The van der Waals surface area contributed by atoms with Crippen LogP contribution in [-0.2, 0) is 37.0 Å². The maximum absolute atomic E-state index is 14.2. The molecule has 10 nitrogen and oxygen atoms in total. The molecule has 0 amide bonds. The SMILES string of the molecule is C=C(F)F.CC.CC.CN(C)C.Cc1nn2c(c1C)CN(c1nc(OCC34CCCN3CCC4)nc3c1COC(c1cc(N)cc(Cl)c1C(F)(F)F)C3)CCC2. The van der Waals surface area contributed by atoms with Crippen molar-refractivity contribution < 1.29 is 31.4 Å². The van der Waals surface area contributed by atoms with Crippen LogP contribution in [0.4, 0.5) is 33.5 Å². The molecule has 4 aliphatic rings. The van der Waals surface area contributed by atoms with Crippen LogP contribution in [0.2, 0.25) is 5.02 Å². The summed E-state index contributed by atoms with van der Waals surface area (Å²) in [6.45, 7) is 19.1. The summed E-state index contributed by atoms with van der Waals surface area (Å²) in [5.74, 6) is 0.698. The van der Waals surface area contributed by atoms with Crippen molar-refractivity contribution in [3.8, 4) is 6.01 Å². The Morgan fingerprint density at radius 3 is 2.21 bits per heavy atom. The highest BCUT2D eigenvalue weighted by Gasteiger charge is 2.45. The van der Waals surface area contributed by atoms with Crippen LogP contribution in [0.3, 0.4) is 0 Å². The number of ether oxygens (including phenoxy) is 2. The van der Waals surface area contributed by atoms with Gasteiger partial charge in [-0.25, -0.2) is 0 Å². The van der Waals surface area contributed by atoms with Gasteiger partial charge < -0.3 is 25.0 Å². The van der Waals surface area contributed by atoms with Crippen LogP contribution < -0.4 is 15.4 Å². The molecule has 3 aromatic rings.